The van der Waals surface area contributed by atoms with Gasteiger partial charge in [0.2, 0.25) is 0 Å². The van der Waals surface area contributed by atoms with Gasteiger partial charge < -0.3 is 10.2 Å². The zero-order valence-electron chi connectivity index (χ0n) is 10.3. The predicted octanol–water partition coefficient (Wildman–Crippen LogP) is 2.94. The quantitative estimate of drug-likeness (QED) is 0.699. The van der Waals surface area contributed by atoms with Gasteiger partial charge >= 0.3 is 0 Å². The van der Waals surface area contributed by atoms with E-state index < -0.39 is 0 Å². The average molecular weight is 204 g/mol. The van der Waals surface area contributed by atoms with Crippen LogP contribution in [0.25, 0.3) is 0 Å². The molecule has 0 spiro atoms. The van der Waals surface area contributed by atoms with E-state index in [1.165, 1.54) is 22.5 Å². The van der Waals surface area contributed by atoms with Crippen molar-refractivity contribution < 1.29 is 0 Å². The lowest BCUT2D eigenvalue weighted by Crippen LogP contribution is -2.47. The molecule has 2 nitrogen and oxygen atoms in total. The van der Waals surface area contributed by atoms with Gasteiger partial charge in [0.1, 0.15) is 0 Å². The molecule has 0 radical (unpaired) electrons. The van der Waals surface area contributed by atoms with Gasteiger partial charge in [0.15, 0.2) is 0 Å². The number of anilines is 2. The molecule has 2 heteroatoms. The van der Waals surface area contributed by atoms with Gasteiger partial charge in [0, 0.05) is 19.1 Å². The van der Waals surface area contributed by atoms with Crippen molar-refractivity contribution in [2.45, 2.75) is 33.2 Å². The fourth-order valence-corrected chi connectivity index (χ4v) is 2.30. The van der Waals surface area contributed by atoms with Crippen molar-refractivity contribution in [2.75, 3.05) is 23.8 Å². The first-order chi connectivity index (χ1) is 6.89. The van der Waals surface area contributed by atoms with E-state index in [0.29, 0.717) is 0 Å². The number of aryl methyl sites for hydroxylation is 2. The molecule has 2 rings (SSSR count). The van der Waals surface area contributed by atoms with Crippen LogP contribution in [0.4, 0.5) is 11.4 Å². The van der Waals surface area contributed by atoms with Crippen LogP contribution >= 0.6 is 0 Å². The second-order valence-corrected chi connectivity index (χ2v) is 5.32. The van der Waals surface area contributed by atoms with E-state index in [0.717, 1.165) is 6.54 Å². The van der Waals surface area contributed by atoms with Crippen molar-refractivity contribution in [3.63, 3.8) is 0 Å². The lowest BCUT2D eigenvalue weighted by molar-refractivity contribution is 0.550. The molecule has 1 N–H and O–H groups in total. The second kappa shape index (κ2) is 3.16. The third-order valence-electron chi connectivity index (χ3n) is 3.13. The highest BCUT2D eigenvalue weighted by Gasteiger charge is 2.27. The standard InChI is InChI=1S/C13H20N2/c1-9-6-11-12(7-10(9)2)15(5)8-13(3,4)14-11/h6-7,14H,8H2,1-5H3. The molecule has 0 bridgehead atoms. The highest BCUT2D eigenvalue weighted by molar-refractivity contribution is 5.75. The van der Waals surface area contributed by atoms with Crippen molar-refractivity contribution >= 4 is 11.4 Å². The van der Waals surface area contributed by atoms with E-state index >= 15 is 0 Å². The predicted molar refractivity (Wildman–Crippen MR) is 66.9 cm³/mol. The Morgan fingerprint density at radius 3 is 2.47 bits per heavy atom. The van der Waals surface area contributed by atoms with E-state index in [4.69, 9.17) is 0 Å². The summed E-state index contributed by atoms with van der Waals surface area (Å²) in [4.78, 5) is 2.33. The van der Waals surface area contributed by atoms with Crippen LogP contribution < -0.4 is 10.2 Å². The van der Waals surface area contributed by atoms with Gasteiger partial charge in [0.05, 0.1) is 11.4 Å². The Kier molecular flexibility index (Phi) is 2.18. The number of hydrogen-bond acceptors (Lipinski definition) is 2. The fourth-order valence-electron chi connectivity index (χ4n) is 2.30. The molecule has 82 valence electrons. The summed E-state index contributed by atoms with van der Waals surface area (Å²) < 4.78 is 0. The minimum absolute atomic E-state index is 0.156. The van der Waals surface area contributed by atoms with Crippen LogP contribution in [0.15, 0.2) is 12.1 Å². The maximum absolute atomic E-state index is 3.59. The van der Waals surface area contributed by atoms with Gasteiger partial charge in [-0.1, -0.05) is 0 Å². The molecule has 0 fully saturated rings. The first-order valence-electron chi connectivity index (χ1n) is 5.50. The van der Waals surface area contributed by atoms with E-state index in [1.807, 2.05) is 0 Å². The lowest BCUT2D eigenvalue weighted by Gasteiger charge is -2.40. The van der Waals surface area contributed by atoms with E-state index in [2.05, 4.69) is 57.1 Å². The second-order valence-electron chi connectivity index (χ2n) is 5.32. The van der Waals surface area contributed by atoms with Crippen LogP contribution in [0.1, 0.15) is 25.0 Å². The average Bonchev–Trinajstić information content (AvgIpc) is 2.07. The molecule has 1 aromatic rings. The van der Waals surface area contributed by atoms with Crippen LogP contribution in [-0.2, 0) is 0 Å². The normalized spacial score (nSPS) is 18.3. The largest absolute Gasteiger partial charge is 0.377 e. The first kappa shape index (κ1) is 10.3. The van der Waals surface area contributed by atoms with Gasteiger partial charge in [-0.05, 0) is 51.0 Å². The van der Waals surface area contributed by atoms with Crippen molar-refractivity contribution in [1.29, 1.82) is 0 Å². The minimum Gasteiger partial charge on any atom is -0.377 e. The number of likely N-dealkylation sites (N-methyl/N-ethyl adjacent to an activating group) is 1. The van der Waals surface area contributed by atoms with Gasteiger partial charge in [0.25, 0.3) is 0 Å². The van der Waals surface area contributed by atoms with Crippen LogP contribution in [0.5, 0.6) is 0 Å². The Labute approximate surface area is 92.3 Å². The van der Waals surface area contributed by atoms with Gasteiger partial charge in [-0.2, -0.15) is 0 Å². The lowest BCUT2D eigenvalue weighted by atomic mass is 9.97. The molecule has 1 aromatic carbocycles. The first-order valence-corrected chi connectivity index (χ1v) is 5.50. The topological polar surface area (TPSA) is 15.3 Å². The smallest absolute Gasteiger partial charge is 0.0603 e. The molecule has 0 saturated carbocycles. The van der Waals surface area contributed by atoms with E-state index in [1.54, 1.807) is 0 Å². The van der Waals surface area contributed by atoms with Gasteiger partial charge in [-0.25, -0.2) is 0 Å². The summed E-state index contributed by atoms with van der Waals surface area (Å²) in [6.07, 6.45) is 0. The van der Waals surface area contributed by atoms with Crippen molar-refractivity contribution in [3.8, 4) is 0 Å². The fraction of sp³-hybridized carbons (Fsp3) is 0.538. The molecule has 0 atom stereocenters. The van der Waals surface area contributed by atoms with Crippen LogP contribution in [-0.4, -0.2) is 19.1 Å². The Balaban J connectivity index is 2.51. The SMILES string of the molecule is Cc1cc2c(cc1C)N(C)CC(C)(C)N2. The number of benzene rings is 1. The number of rotatable bonds is 0. The molecule has 0 unspecified atom stereocenters. The van der Waals surface area contributed by atoms with Crippen molar-refractivity contribution in [1.82, 2.24) is 0 Å². The third kappa shape index (κ3) is 1.81. The van der Waals surface area contributed by atoms with Gasteiger partial charge in [-0.3, -0.25) is 0 Å². The summed E-state index contributed by atoms with van der Waals surface area (Å²) in [7, 11) is 2.16. The number of hydrogen-bond donors (Lipinski definition) is 1. The highest BCUT2D eigenvalue weighted by Crippen LogP contribution is 2.35. The maximum atomic E-state index is 3.59. The molecule has 0 saturated heterocycles. The minimum atomic E-state index is 0.156. The Hall–Kier alpha value is -1.18. The molecular weight excluding hydrogens is 184 g/mol. The molecule has 0 amide bonds. The Morgan fingerprint density at radius 2 is 1.80 bits per heavy atom. The van der Waals surface area contributed by atoms with Crippen LogP contribution in [0, 0.1) is 13.8 Å². The van der Waals surface area contributed by atoms with Crippen molar-refractivity contribution in [2.24, 2.45) is 0 Å². The molecule has 15 heavy (non-hydrogen) atoms. The molecule has 0 aromatic heterocycles. The monoisotopic (exact) mass is 204 g/mol. The zero-order chi connectivity index (χ0) is 11.2. The van der Waals surface area contributed by atoms with E-state index in [9.17, 15) is 0 Å². The summed E-state index contributed by atoms with van der Waals surface area (Å²) in [5.41, 5.74) is 5.45. The summed E-state index contributed by atoms with van der Waals surface area (Å²) in [6, 6.07) is 4.52. The molecular formula is C13H20N2. The molecule has 0 aliphatic carbocycles. The summed E-state index contributed by atoms with van der Waals surface area (Å²) in [5.74, 6) is 0. The maximum Gasteiger partial charge on any atom is 0.0603 e. The molecule has 1 heterocycles. The number of nitrogens with one attached hydrogen (secondary N) is 1. The molecule has 1 aliphatic heterocycles. The van der Waals surface area contributed by atoms with Crippen molar-refractivity contribution in [3.05, 3.63) is 23.3 Å². The third-order valence-corrected chi connectivity index (χ3v) is 3.13. The van der Waals surface area contributed by atoms with Crippen LogP contribution in [0.2, 0.25) is 0 Å². The Morgan fingerprint density at radius 1 is 1.20 bits per heavy atom. The van der Waals surface area contributed by atoms with Gasteiger partial charge in [-0.15, -0.1) is 0 Å². The molecule has 1 aliphatic rings. The summed E-state index contributed by atoms with van der Waals surface area (Å²) in [5, 5.41) is 3.59. The number of nitrogens with zero attached hydrogens (tertiary/aromatic N) is 1. The number of fused-ring (bicyclic) bond motifs is 1. The summed E-state index contributed by atoms with van der Waals surface area (Å²) >= 11 is 0. The summed E-state index contributed by atoms with van der Waals surface area (Å²) in [6.45, 7) is 9.86. The van der Waals surface area contributed by atoms with E-state index in [-0.39, 0.29) is 5.54 Å². The zero-order valence-corrected chi connectivity index (χ0v) is 10.3. The van der Waals surface area contributed by atoms with Crippen LogP contribution in [0.3, 0.4) is 0 Å². The Bertz CT molecular complexity index is 394. The highest BCUT2D eigenvalue weighted by atomic mass is 15.2.